The Labute approximate surface area is 106 Å². The van der Waals surface area contributed by atoms with Crippen LogP contribution in [0.25, 0.3) is 0 Å². The van der Waals surface area contributed by atoms with E-state index in [-0.39, 0.29) is 6.04 Å². The third-order valence-corrected chi connectivity index (χ3v) is 3.82. The van der Waals surface area contributed by atoms with Crippen molar-refractivity contribution in [3.05, 3.63) is 41.9 Å². The van der Waals surface area contributed by atoms with E-state index >= 15 is 0 Å². The first kappa shape index (κ1) is 11.5. The van der Waals surface area contributed by atoms with Crippen LogP contribution in [0, 0.1) is 0 Å². The fourth-order valence-electron chi connectivity index (χ4n) is 2.80. The number of aromatic nitrogens is 2. The molecular formula is C13H18N4O. The first-order chi connectivity index (χ1) is 8.72. The molecular weight excluding hydrogens is 228 g/mol. The Morgan fingerprint density at radius 2 is 2.33 bits per heavy atom. The van der Waals surface area contributed by atoms with Gasteiger partial charge in [-0.15, -0.1) is 0 Å². The van der Waals surface area contributed by atoms with E-state index < -0.39 is 0 Å². The van der Waals surface area contributed by atoms with E-state index in [1.807, 2.05) is 25.5 Å². The Bertz CT molecular complexity index is 531. The van der Waals surface area contributed by atoms with Crippen LogP contribution in [-0.4, -0.2) is 34.1 Å². The Morgan fingerprint density at radius 1 is 1.50 bits per heavy atom. The van der Waals surface area contributed by atoms with Gasteiger partial charge in [0.2, 0.25) is 0 Å². The number of hydrogen-bond donors (Lipinski definition) is 1. The predicted octanol–water partition coefficient (Wildman–Crippen LogP) is 0.918. The lowest BCUT2D eigenvalue weighted by molar-refractivity contribution is 0.159. The van der Waals surface area contributed by atoms with Crippen molar-refractivity contribution >= 4 is 0 Å². The lowest BCUT2D eigenvalue weighted by Gasteiger charge is -2.37. The molecule has 3 heterocycles. The Balaban J connectivity index is 2.12. The van der Waals surface area contributed by atoms with Gasteiger partial charge in [-0.3, -0.25) is 4.90 Å². The molecule has 0 radical (unpaired) electrons. The average Bonchev–Trinajstić information content (AvgIpc) is 3.00. The highest BCUT2D eigenvalue weighted by Gasteiger charge is 2.36. The summed E-state index contributed by atoms with van der Waals surface area (Å²) in [5, 5.41) is 0. The van der Waals surface area contributed by atoms with Gasteiger partial charge >= 0.3 is 0 Å². The van der Waals surface area contributed by atoms with Crippen LogP contribution in [0.15, 0.2) is 29.1 Å². The first-order valence-electron chi connectivity index (χ1n) is 6.18. The molecule has 0 amide bonds. The molecule has 2 aromatic heterocycles. The van der Waals surface area contributed by atoms with Gasteiger partial charge < -0.3 is 14.7 Å². The molecule has 18 heavy (non-hydrogen) atoms. The molecule has 5 nitrogen and oxygen atoms in total. The smallest absolute Gasteiger partial charge is 0.127 e. The minimum absolute atomic E-state index is 0.102. The van der Waals surface area contributed by atoms with E-state index in [4.69, 9.17) is 10.2 Å². The summed E-state index contributed by atoms with van der Waals surface area (Å²) in [5.41, 5.74) is 8.20. The van der Waals surface area contributed by atoms with Crippen molar-refractivity contribution in [1.29, 1.82) is 0 Å². The second kappa shape index (κ2) is 4.26. The molecule has 2 unspecified atom stereocenters. The predicted molar refractivity (Wildman–Crippen MR) is 68.1 cm³/mol. The quantitative estimate of drug-likeness (QED) is 0.856. The maximum atomic E-state index is 5.87. The molecule has 96 valence electrons. The number of hydrogen-bond acceptors (Lipinski definition) is 4. The van der Waals surface area contributed by atoms with Crippen molar-refractivity contribution in [2.24, 2.45) is 12.8 Å². The molecule has 0 aliphatic carbocycles. The number of imidazole rings is 1. The van der Waals surface area contributed by atoms with Gasteiger partial charge in [-0.25, -0.2) is 4.98 Å². The second-order valence-electron chi connectivity index (χ2n) is 4.86. The molecule has 5 heteroatoms. The third kappa shape index (κ3) is 1.59. The molecule has 1 aliphatic rings. The van der Waals surface area contributed by atoms with E-state index in [0.717, 1.165) is 17.9 Å². The summed E-state index contributed by atoms with van der Waals surface area (Å²) in [5.74, 6) is 0.945. The molecule has 0 bridgehead atoms. The minimum atomic E-state index is 0.102. The van der Waals surface area contributed by atoms with Crippen LogP contribution in [0.4, 0.5) is 0 Å². The van der Waals surface area contributed by atoms with Gasteiger partial charge in [-0.05, 0) is 19.2 Å². The number of aryl methyl sites for hydroxylation is 1. The molecule has 0 aromatic carbocycles. The standard InChI is InChI=1S/C13H18N4O/c1-16-8-15-10-6-9(7-14)17(2)13(12(10)16)11-4-3-5-18-11/h3-5,8-9,13H,6-7,14H2,1-2H3. The van der Waals surface area contributed by atoms with Crippen LogP contribution >= 0.6 is 0 Å². The van der Waals surface area contributed by atoms with Crippen molar-refractivity contribution < 1.29 is 4.42 Å². The van der Waals surface area contributed by atoms with E-state index in [2.05, 4.69) is 21.5 Å². The SMILES string of the molecule is CN1C(CN)Cc2ncn(C)c2C1c1ccco1. The van der Waals surface area contributed by atoms with Crippen LogP contribution < -0.4 is 5.73 Å². The van der Waals surface area contributed by atoms with Gasteiger partial charge in [0.25, 0.3) is 0 Å². The van der Waals surface area contributed by atoms with E-state index in [9.17, 15) is 0 Å². The summed E-state index contributed by atoms with van der Waals surface area (Å²) < 4.78 is 7.67. The Hall–Kier alpha value is -1.59. The normalized spacial score (nSPS) is 24.2. The minimum Gasteiger partial charge on any atom is -0.467 e. The Morgan fingerprint density at radius 3 is 3.00 bits per heavy atom. The highest BCUT2D eigenvalue weighted by molar-refractivity contribution is 5.29. The first-order valence-corrected chi connectivity index (χ1v) is 6.18. The van der Waals surface area contributed by atoms with Crippen LogP contribution in [0.3, 0.4) is 0 Å². The molecule has 0 fully saturated rings. The van der Waals surface area contributed by atoms with E-state index in [1.54, 1.807) is 6.26 Å². The number of nitrogens with zero attached hydrogens (tertiary/aromatic N) is 3. The number of furan rings is 1. The second-order valence-corrected chi connectivity index (χ2v) is 4.86. The largest absolute Gasteiger partial charge is 0.467 e. The zero-order valence-electron chi connectivity index (χ0n) is 10.7. The number of rotatable bonds is 2. The summed E-state index contributed by atoms with van der Waals surface area (Å²) in [6.07, 6.45) is 4.49. The fraction of sp³-hybridized carbons (Fsp3) is 0.462. The van der Waals surface area contributed by atoms with Gasteiger partial charge in [-0.1, -0.05) is 0 Å². The molecule has 2 N–H and O–H groups in total. The molecule has 0 spiro atoms. The third-order valence-electron chi connectivity index (χ3n) is 3.82. The van der Waals surface area contributed by atoms with Crippen LogP contribution in [0.1, 0.15) is 23.2 Å². The lowest BCUT2D eigenvalue weighted by atomic mass is 9.95. The summed E-state index contributed by atoms with van der Waals surface area (Å²) in [7, 11) is 4.12. The van der Waals surface area contributed by atoms with Crippen molar-refractivity contribution in [2.45, 2.75) is 18.5 Å². The van der Waals surface area contributed by atoms with Crippen LogP contribution in [-0.2, 0) is 13.5 Å². The molecule has 1 aliphatic heterocycles. The monoisotopic (exact) mass is 246 g/mol. The summed E-state index contributed by atoms with van der Waals surface area (Å²) in [6, 6.07) is 4.34. The van der Waals surface area contributed by atoms with Gasteiger partial charge in [-0.2, -0.15) is 0 Å². The molecule has 2 atom stereocenters. The summed E-state index contributed by atoms with van der Waals surface area (Å²) in [6.45, 7) is 0.629. The molecule has 0 saturated carbocycles. The van der Waals surface area contributed by atoms with Gasteiger partial charge in [0.1, 0.15) is 11.8 Å². The maximum absolute atomic E-state index is 5.87. The Kier molecular flexibility index (Phi) is 2.72. The van der Waals surface area contributed by atoms with Crippen molar-refractivity contribution in [2.75, 3.05) is 13.6 Å². The molecule has 0 saturated heterocycles. The van der Waals surface area contributed by atoms with E-state index in [1.165, 1.54) is 5.69 Å². The van der Waals surface area contributed by atoms with Crippen LogP contribution in [0.5, 0.6) is 0 Å². The van der Waals surface area contributed by atoms with E-state index in [0.29, 0.717) is 12.6 Å². The van der Waals surface area contributed by atoms with Crippen LogP contribution in [0.2, 0.25) is 0 Å². The fourth-order valence-corrected chi connectivity index (χ4v) is 2.80. The zero-order valence-corrected chi connectivity index (χ0v) is 10.7. The molecule has 2 aromatic rings. The summed E-state index contributed by atoms with van der Waals surface area (Å²) in [4.78, 5) is 6.77. The lowest BCUT2D eigenvalue weighted by Crippen LogP contribution is -2.46. The highest BCUT2D eigenvalue weighted by Crippen LogP contribution is 2.35. The van der Waals surface area contributed by atoms with Gasteiger partial charge in [0, 0.05) is 26.1 Å². The average molecular weight is 246 g/mol. The van der Waals surface area contributed by atoms with Gasteiger partial charge in [0.15, 0.2) is 0 Å². The molecule has 3 rings (SSSR count). The number of nitrogens with two attached hydrogens (primary N) is 1. The number of likely N-dealkylation sites (N-methyl/N-ethyl adjacent to an activating group) is 1. The maximum Gasteiger partial charge on any atom is 0.127 e. The van der Waals surface area contributed by atoms with Crippen molar-refractivity contribution in [3.63, 3.8) is 0 Å². The number of fused-ring (bicyclic) bond motifs is 1. The van der Waals surface area contributed by atoms with Gasteiger partial charge in [0.05, 0.1) is 24.0 Å². The van der Waals surface area contributed by atoms with Crippen molar-refractivity contribution in [3.8, 4) is 0 Å². The zero-order chi connectivity index (χ0) is 12.7. The topological polar surface area (TPSA) is 60.2 Å². The van der Waals surface area contributed by atoms with Crippen molar-refractivity contribution in [1.82, 2.24) is 14.5 Å². The highest BCUT2D eigenvalue weighted by atomic mass is 16.3. The summed E-state index contributed by atoms with van der Waals surface area (Å²) >= 11 is 0.